The zero-order valence-electron chi connectivity index (χ0n) is 13.5. The van der Waals surface area contributed by atoms with Crippen LogP contribution in [0, 0.1) is 0 Å². The Labute approximate surface area is 141 Å². The molecule has 6 heteroatoms. The highest BCUT2D eigenvalue weighted by molar-refractivity contribution is 7.99. The van der Waals surface area contributed by atoms with Crippen molar-refractivity contribution < 1.29 is 19.4 Å². The first kappa shape index (κ1) is 18.1. The van der Waals surface area contributed by atoms with Crippen molar-refractivity contribution in [2.24, 2.45) is 0 Å². The third kappa shape index (κ3) is 5.71. The number of aliphatic hydroxyl groups is 1. The van der Waals surface area contributed by atoms with E-state index in [2.05, 4.69) is 5.32 Å². The minimum Gasteiger partial charge on any atom is -0.481 e. The van der Waals surface area contributed by atoms with Crippen LogP contribution in [0.5, 0.6) is 5.75 Å². The minimum absolute atomic E-state index is 0.00361. The van der Waals surface area contributed by atoms with Crippen LogP contribution in [0.15, 0.2) is 30.3 Å². The van der Waals surface area contributed by atoms with Crippen molar-refractivity contribution in [1.29, 1.82) is 0 Å². The molecule has 128 valence electrons. The molecule has 1 aromatic rings. The number of benzene rings is 1. The van der Waals surface area contributed by atoms with E-state index < -0.39 is 6.10 Å². The second-order valence-corrected chi connectivity index (χ2v) is 6.88. The molecule has 0 spiro atoms. The average Bonchev–Trinajstić information content (AvgIpc) is 2.60. The number of carbonyl (C=O) groups excluding carboxylic acids is 1. The van der Waals surface area contributed by atoms with Crippen LogP contribution in [0.2, 0.25) is 0 Å². The molecule has 23 heavy (non-hydrogen) atoms. The lowest BCUT2D eigenvalue weighted by molar-refractivity contribution is -0.130. The van der Waals surface area contributed by atoms with Gasteiger partial charge in [-0.15, -0.1) is 0 Å². The summed E-state index contributed by atoms with van der Waals surface area (Å²) in [6.45, 7) is 2.49. The van der Waals surface area contributed by atoms with Gasteiger partial charge in [-0.2, -0.15) is 11.8 Å². The van der Waals surface area contributed by atoms with Crippen molar-refractivity contribution in [2.75, 3.05) is 31.3 Å². The van der Waals surface area contributed by atoms with E-state index in [9.17, 15) is 4.79 Å². The first-order valence-electron chi connectivity index (χ1n) is 7.97. The van der Waals surface area contributed by atoms with Gasteiger partial charge < -0.3 is 19.9 Å². The van der Waals surface area contributed by atoms with E-state index in [0.29, 0.717) is 18.9 Å². The molecule has 0 bridgehead atoms. The zero-order valence-corrected chi connectivity index (χ0v) is 14.3. The highest BCUT2D eigenvalue weighted by Crippen LogP contribution is 2.30. The smallest absolute Gasteiger partial charge is 0.260 e. The summed E-state index contributed by atoms with van der Waals surface area (Å²) in [7, 11) is 0. The number of aliphatic hydroxyl groups excluding tert-OH is 1. The van der Waals surface area contributed by atoms with Crippen molar-refractivity contribution >= 4 is 17.7 Å². The molecule has 1 aromatic carbocycles. The fourth-order valence-electron chi connectivity index (χ4n) is 2.53. The fraction of sp³-hybridized carbons (Fsp3) is 0.588. The molecule has 1 aliphatic rings. The number of para-hydroxylation sites is 1. The molecule has 0 saturated carbocycles. The number of rotatable bonds is 8. The van der Waals surface area contributed by atoms with Gasteiger partial charge in [0.15, 0.2) is 6.10 Å². The molecule has 5 nitrogen and oxygen atoms in total. The second-order valence-electron chi connectivity index (χ2n) is 5.66. The standard InChI is InChI=1S/C17H25NO4S/c1-14(22-15-5-3-2-4-6-15)16(20)18-13-17(21-10-9-19)7-11-23-12-8-17/h2-6,14,19H,7-13H2,1H3,(H,18,20). The lowest BCUT2D eigenvalue weighted by Gasteiger charge is -2.37. The molecular formula is C17H25NO4S. The van der Waals surface area contributed by atoms with Gasteiger partial charge in [0.1, 0.15) is 5.75 Å². The Kier molecular flexibility index (Phi) is 7.20. The van der Waals surface area contributed by atoms with Crippen LogP contribution in [0.25, 0.3) is 0 Å². The summed E-state index contributed by atoms with van der Waals surface area (Å²) in [5, 5.41) is 11.9. The Morgan fingerprint density at radius 3 is 2.70 bits per heavy atom. The molecule has 1 heterocycles. The largest absolute Gasteiger partial charge is 0.481 e. The fourth-order valence-corrected chi connectivity index (χ4v) is 3.76. The molecule has 1 atom stereocenters. The third-order valence-electron chi connectivity index (χ3n) is 3.91. The van der Waals surface area contributed by atoms with Gasteiger partial charge in [-0.05, 0) is 43.4 Å². The number of hydrogen-bond donors (Lipinski definition) is 2. The van der Waals surface area contributed by atoms with E-state index in [0.717, 1.165) is 24.3 Å². The van der Waals surface area contributed by atoms with Crippen molar-refractivity contribution in [3.63, 3.8) is 0 Å². The molecule has 1 amide bonds. The Balaban J connectivity index is 1.85. The quantitative estimate of drug-likeness (QED) is 0.756. The molecule has 1 fully saturated rings. The van der Waals surface area contributed by atoms with E-state index in [4.69, 9.17) is 14.6 Å². The molecule has 1 aliphatic heterocycles. The van der Waals surface area contributed by atoms with E-state index in [1.165, 1.54) is 0 Å². The molecule has 0 aliphatic carbocycles. The Hall–Kier alpha value is -1.24. The van der Waals surface area contributed by atoms with E-state index in [1.54, 1.807) is 6.92 Å². The number of carbonyl (C=O) groups is 1. The van der Waals surface area contributed by atoms with Crippen molar-refractivity contribution in [2.45, 2.75) is 31.5 Å². The topological polar surface area (TPSA) is 67.8 Å². The first-order valence-corrected chi connectivity index (χ1v) is 9.13. The summed E-state index contributed by atoms with van der Waals surface area (Å²) in [5.41, 5.74) is -0.365. The molecular weight excluding hydrogens is 314 g/mol. The zero-order chi connectivity index (χ0) is 16.5. The number of nitrogens with one attached hydrogen (secondary N) is 1. The molecule has 2 N–H and O–H groups in total. The number of thioether (sulfide) groups is 1. The summed E-state index contributed by atoms with van der Waals surface area (Å²) in [5.74, 6) is 2.55. The summed E-state index contributed by atoms with van der Waals surface area (Å²) < 4.78 is 11.5. The Morgan fingerprint density at radius 2 is 2.04 bits per heavy atom. The minimum atomic E-state index is -0.565. The SMILES string of the molecule is CC(Oc1ccccc1)C(=O)NCC1(OCCO)CCSCC1. The first-order chi connectivity index (χ1) is 11.2. The van der Waals surface area contributed by atoms with Crippen LogP contribution in [0.1, 0.15) is 19.8 Å². The van der Waals surface area contributed by atoms with Crippen molar-refractivity contribution in [3.05, 3.63) is 30.3 Å². The Bertz CT molecular complexity index is 477. The molecule has 1 saturated heterocycles. The summed E-state index contributed by atoms with van der Waals surface area (Å²) >= 11 is 1.89. The van der Waals surface area contributed by atoms with Crippen LogP contribution in [-0.4, -0.2) is 54.0 Å². The highest BCUT2D eigenvalue weighted by atomic mass is 32.2. The van der Waals surface area contributed by atoms with Crippen LogP contribution in [0.4, 0.5) is 0 Å². The van der Waals surface area contributed by atoms with Gasteiger partial charge >= 0.3 is 0 Å². The molecule has 0 radical (unpaired) electrons. The monoisotopic (exact) mass is 339 g/mol. The van der Waals surface area contributed by atoms with Gasteiger partial charge in [0.25, 0.3) is 5.91 Å². The van der Waals surface area contributed by atoms with E-state index >= 15 is 0 Å². The third-order valence-corrected chi connectivity index (χ3v) is 4.90. The number of amides is 1. The van der Waals surface area contributed by atoms with Crippen molar-refractivity contribution in [3.8, 4) is 5.75 Å². The van der Waals surface area contributed by atoms with Crippen LogP contribution in [-0.2, 0) is 9.53 Å². The van der Waals surface area contributed by atoms with Gasteiger partial charge in [-0.25, -0.2) is 0 Å². The summed E-state index contributed by atoms with van der Waals surface area (Å²) in [4.78, 5) is 12.3. The van der Waals surface area contributed by atoms with Crippen LogP contribution >= 0.6 is 11.8 Å². The van der Waals surface area contributed by atoms with Gasteiger partial charge in [0.05, 0.1) is 18.8 Å². The average molecular weight is 339 g/mol. The molecule has 2 rings (SSSR count). The maximum absolute atomic E-state index is 12.3. The van der Waals surface area contributed by atoms with E-state index in [-0.39, 0.29) is 18.1 Å². The van der Waals surface area contributed by atoms with Gasteiger partial charge in [-0.3, -0.25) is 4.79 Å². The van der Waals surface area contributed by atoms with E-state index in [1.807, 2.05) is 42.1 Å². The lowest BCUT2D eigenvalue weighted by atomic mass is 9.96. The second kappa shape index (κ2) is 9.15. The lowest BCUT2D eigenvalue weighted by Crippen LogP contribution is -2.50. The van der Waals surface area contributed by atoms with Crippen molar-refractivity contribution in [1.82, 2.24) is 5.32 Å². The van der Waals surface area contributed by atoms with Crippen LogP contribution in [0.3, 0.4) is 0 Å². The Morgan fingerprint density at radius 1 is 1.35 bits per heavy atom. The maximum Gasteiger partial charge on any atom is 0.260 e. The molecule has 0 aromatic heterocycles. The predicted molar refractivity (Wildman–Crippen MR) is 91.9 cm³/mol. The summed E-state index contributed by atoms with van der Waals surface area (Å²) in [6.07, 6.45) is 1.20. The number of ether oxygens (including phenoxy) is 2. The normalized spacial score (nSPS) is 18.2. The van der Waals surface area contributed by atoms with Crippen LogP contribution < -0.4 is 10.1 Å². The van der Waals surface area contributed by atoms with Gasteiger partial charge in [-0.1, -0.05) is 18.2 Å². The number of hydrogen-bond acceptors (Lipinski definition) is 5. The predicted octanol–water partition coefficient (Wildman–Crippen LogP) is 1.84. The van der Waals surface area contributed by atoms with Gasteiger partial charge in [0.2, 0.25) is 0 Å². The highest BCUT2D eigenvalue weighted by Gasteiger charge is 2.34. The molecule has 1 unspecified atom stereocenters. The van der Waals surface area contributed by atoms with Gasteiger partial charge in [0, 0.05) is 6.54 Å². The maximum atomic E-state index is 12.3. The summed E-state index contributed by atoms with van der Waals surface area (Å²) in [6, 6.07) is 9.30.